The molecule has 0 nitrogen and oxygen atoms in total. The average molecular weight is 223 g/mol. The van der Waals surface area contributed by atoms with E-state index in [0.717, 1.165) is 6.42 Å². The van der Waals surface area contributed by atoms with Gasteiger partial charge in [-0.05, 0) is 25.7 Å². The van der Waals surface area contributed by atoms with E-state index in [1.165, 1.54) is 70.6 Å². The van der Waals surface area contributed by atoms with Crippen molar-refractivity contribution < 1.29 is 0 Å². The number of rotatable bonds is 12. The van der Waals surface area contributed by atoms with Gasteiger partial charge in [-0.25, -0.2) is 0 Å². The maximum Gasteiger partial charge on any atom is -0.0351 e. The molecule has 0 aliphatic carbocycles. The van der Waals surface area contributed by atoms with Crippen molar-refractivity contribution in [2.24, 2.45) is 0 Å². The molecule has 95 valence electrons. The zero-order valence-electron chi connectivity index (χ0n) is 11.3. The number of hydrogen-bond donors (Lipinski definition) is 0. The van der Waals surface area contributed by atoms with E-state index in [4.69, 9.17) is 0 Å². The second-order valence-corrected chi connectivity index (χ2v) is 4.73. The van der Waals surface area contributed by atoms with Crippen LogP contribution in [-0.4, -0.2) is 0 Å². The van der Waals surface area contributed by atoms with Crippen molar-refractivity contribution in [3.63, 3.8) is 0 Å². The monoisotopic (exact) mass is 223 g/mol. The third-order valence-electron chi connectivity index (χ3n) is 3.01. The Morgan fingerprint density at radius 3 is 1.69 bits per heavy atom. The SMILES string of the molecule is [CH2]CCCCCC/C=C/CCCCCCC. The molecule has 0 aliphatic rings. The summed E-state index contributed by atoms with van der Waals surface area (Å²) in [4.78, 5) is 0. The molecule has 0 atom stereocenters. The second-order valence-electron chi connectivity index (χ2n) is 4.73. The van der Waals surface area contributed by atoms with Gasteiger partial charge in [0.05, 0.1) is 0 Å². The molecule has 0 spiro atoms. The smallest absolute Gasteiger partial charge is 0.0351 e. The largest absolute Gasteiger partial charge is 0.0885 e. The summed E-state index contributed by atoms with van der Waals surface area (Å²) in [5, 5.41) is 0. The summed E-state index contributed by atoms with van der Waals surface area (Å²) < 4.78 is 0. The minimum Gasteiger partial charge on any atom is -0.0885 e. The quantitative estimate of drug-likeness (QED) is 0.278. The predicted octanol–water partition coefficient (Wildman–Crippen LogP) is 6.08. The molecule has 0 rings (SSSR count). The van der Waals surface area contributed by atoms with Crippen LogP contribution in [0.4, 0.5) is 0 Å². The maximum atomic E-state index is 3.86. The number of hydrogen-bond acceptors (Lipinski definition) is 0. The van der Waals surface area contributed by atoms with Gasteiger partial charge in [0.15, 0.2) is 0 Å². The molecular weight excluding hydrogens is 192 g/mol. The highest BCUT2D eigenvalue weighted by molar-refractivity contribution is 4.81. The fourth-order valence-electron chi connectivity index (χ4n) is 1.89. The van der Waals surface area contributed by atoms with E-state index in [-0.39, 0.29) is 0 Å². The van der Waals surface area contributed by atoms with Crippen LogP contribution in [0.5, 0.6) is 0 Å². The van der Waals surface area contributed by atoms with E-state index < -0.39 is 0 Å². The van der Waals surface area contributed by atoms with Gasteiger partial charge < -0.3 is 0 Å². The van der Waals surface area contributed by atoms with Crippen molar-refractivity contribution in [2.75, 3.05) is 0 Å². The van der Waals surface area contributed by atoms with E-state index in [9.17, 15) is 0 Å². The molecule has 0 heterocycles. The van der Waals surface area contributed by atoms with E-state index in [0.29, 0.717) is 0 Å². The lowest BCUT2D eigenvalue weighted by atomic mass is 10.1. The van der Waals surface area contributed by atoms with Crippen molar-refractivity contribution in [1.29, 1.82) is 0 Å². The van der Waals surface area contributed by atoms with Crippen LogP contribution in [0.1, 0.15) is 84.0 Å². The minimum absolute atomic E-state index is 1.10. The lowest BCUT2D eigenvalue weighted by Gasteiger charge is -1.97. The van der Waals surface area contributed by atoms with Crippen molar-refractivity contribution >= 4 is 0 Å². The first-order valence-electron chi connectivity index (χ1n) is 7.36. The standard InChI is InChI=1S/C16H31/c1-3-5-7-9-11-13-15-16-14-12-10-8-6-4-2/h15-16H,1,3-14H2,2H3/b16-15+. The molecule has 0 amide bonds. The van der Waals surface area contributed by atoms with Crippen LogP contribution in [-0.2, 0) is 0 Å². The first-order chi connectivity index (χ1) is 7.91. The molecule has 0 heteroatoms. The van der Waals surface area contributed by atoms with Crippen LogP contribution in [0, 0.1) is 6.92 Å². The highest BCUT2D eigenvalue weighted by Crippen LogP contribution is 2.07. The van der Waals surface area contributed by atoms with Gasteiger partial charge in [0, 0.05) is 0 Å². The van der Waals surface area contributed by atoms with Crippen LogP contribution in [0.15, 0.2) is 12.2 Å². The Hall–Kier alpha value is -0.260. The van der Waals surface area contributed by atoms with Gasteiger partial charge in [-0.1, -0.05) is 77.4 Å². The Morgan fingerprint density at radius 2 is 1.19 bits per heavy atom. The van der Waals surface area contributed by atoms with Crippen molar-refractivity contribution in [3.05, 3.63) is 19.1 Å². The molecule has 0 aliphatic heterocycles. The first-order valence-corrected chi connectivity index (χ1v) is 7.36. The summed E-state index contributed by atoms with van der Waals surface area (Å²) in [7, 11) is 0. The Labute approximate surface area is 104 Å². The summed E-state index contributed by atoms with van der Waals surface area (Å²) in [6.45, 7) is 6.13. The predicted molar refractivity (Wildman–Crippen MR) is 75.6 cm³/mol. The summed E-state index contributed by atoms with van der Waals surface area (Å²) >= 11 is 0. The van der Waals surface area contributed by atoms with Crippen LogP contribution in [0.3, 0.4) is 0 Å². The van der Waals surface area contributed by atoms with Gasteiger partial charge in [-0.3, -0.25) is 0 Å². The Morgan fingerprint density at radius 1 is 0.688 bits per heavy atom. The molecule has 0 bridgehead atoms. The fraction of sp³-hybridized carbons (Fsp3) is 0.812. The van der Waals surface area contributed by atoms with Crippen LogP contribution >= 0.6 is 0 Å². The lowest BCUT2D eigenvalue weighted by Crippen LogP contribution is -1.77. The summed E-state index contributed by atoms with van der Waals surface area (Å²) in [5.41, 5.74) is 0. The fourth-order valence-corrected chi connectivity index (χ4v) is 1.89. The van der Waals surface area contributed by atoms with Gasteiger partial charge in [0.25, 0.3) is 0 Å². The van der Waals surface area contributed by atoms with Crippen LogP contribution in [0.25, 0.3) is 0 Å². The Balaban J connectivity index is 2.98. The zero-order valence-corrected chi connectivity index (χ0v) is 11.3. The molecule has 0 N–H and O–H groups in total. The van der Waals surface area contributed by atoms with Crippen LogP contribution in [0.2, 0.25) is 0 Å². The summed E-state index contributed by atoms with van der Waals surface area (Å²) in [6, 6.07) is 0. The molecule has 1 radical (unpaired) electrons. The number of unbranched alkanes of at least 4 members (excludes halogenated alkanes) is 10. The average Bonchev–Trinajstić information content (AvgIpc) is 2.31. The summed E-state index contributed by atoms with van der Waals surface area (Å²) in [5.74, 6) is 0. The van der Waals surface area contributed by atoms with Gasteiger partial charge in [-0.2, -0.15) is 0 Å². The third kappa shape index (κ3) is 13.7. The van der Waals surface area contributed by atoms with Crippen LogP contribution < -0.4 is 0 Å². The lowest BCUT2D eigenvalue weighted by molar-refractivity contribution is 0.634. The normalized spacial score (nSPS) is 11.4. The Bertz CT molecular complexity index is 119. The molecule has 0 saturated carbocycles. The molecule has 0 unspecified atom stereocenters. The Kier molecular flexibility index (Phi) is 14.5. The highest BCUT2D eigenvalue weighted by atomic mass is 13.9. The minimum atomic E-state index is 1.10. The number of allylic oxidation sites excluding steroid dienone is 2. The van der Waals surface area contributed by atoms with E-state index >= 15 is 0 Å². The molecule has 0 saturated heterocycles. The molecule has 0 aromatic carbocycles. The van der Waals surface area contributed by atoms with E-state index in [1.807, 2.05) is 0 Å². The molecule has 0 fully saturated rings. The molecule has 0 aromatic heterocycles. The molecule has 16 heavy (non-hydrogen) atoms. The topological polar surface area (TPSA) is 0 Å². The first kappa shape index (κ1) is 15.7. The highest BCUT2D eigenvalue weighted by Gasteiger charge is 1.88. The second kappa shape index (κ2) is 14.7. The van der Waals surface area contributed by atoms with Crippen molar-refractivity contribution in [1.82, 2.24) is 0 Å². The van der Waals surface area contributed by atoms with Gasteiger partial charge >= 0.3 is 0 Å². The van der Waals surface area contributed by atoms with E-state index in [1.54, 1.807) is 0 Å². The molecule has 0 aromatic rings. The zero-order chi connectivity index (χ0) is 11.9. The van der Waals surface area contributed by atoms with Crippen molar-refractivity contribution in [2.45, 2.75) is 84.0 Å². The molecular formula is C16H31. The third-order valence-corrected chi connectivity index (χ3v) is 3.01. The van der Waals surface area contributed by atoms with Crippen molar-refractivity contribution in [3.8, 4) is 0 Å². The van der Waals surface area contributed by atoms with E-state index in [2.05, 4.69) is 26.0 Å². The summed E-state index contributed by atoms with van der Waals surface area (Å²) in [6.07, 6.45) is 20.9. The maximum absolute atomic E-state index is 3.86. The van der Waals surface area contributed by atoms with Gasteiger partial charge in [0.2, 0.25) is 0 Å². The van der Waals surface area contributed by atoms with Gasteiger partial charge in [-0.15, -0.1) is 0 Å². The van der Waals surface area contributed by atoms with Gasteiger partial charge in [0.1, 0.15) is 0 Å².